The number of carbonyl (C=O) groups excluding carboxylic acids is 1. The lowest BCUT2D eigenvalue weighted by molar-refractivity contribution is -0.116. The van der Waals surface area contributed by atoms with Gasteiger partial charge in [-0.3, -0.25) is 4.79 Å². The topological polar surface area (TPSA) is 39.2 Å². The summed E-state index contributed by atoms with van der Waals surface area (Å²) in [6, 6.07) is 2.17. The molecule has 1 aromatic rings. The molecular weight excluding hydrogens is 322 g/mol. The van der Waals surface area contributed by atoms with Crippen molar-refractivity contribution in [3.63, 3.8) is 0 Å². The van der Waals surface area contributed by atoms with Crippen LogP contribution in [0.15, 0.2) is 24.3 Å². The lowest BCUT2D eigenvalue weighted by Gasteiger charge is -2.20. The van der Waals surface area contributed by atoms with Crippen LogP contribution in [0.3, 0.4) is 0 Å². The lowest BCUT2D eigenvalue weighted by Crippen LogP contribution is -2.15. The van der Waals surface area contributed by atoms with Crippen LogP contribution in [0.1, 0.15) is 61.8 Å². The molecule has 0 aromatic carbocycles. The van der Waals surface area contributed by atoms with Gasteiger partial charge in [-0.05, 0) is 87.0 Å². The molecule has 3 nitrogen and oxygen atoms in total. The number of ketones is 1. The maximum atomic E-state index is 12.6. The van der Waals surface area contributed by atoms with Crippen LogP contribution in [0.4, 0.5) is 0 Å². The summed E-state index contributed by atoms with van der Waals surface area (Å²) in [5, 5.41) is 0. The smallest absolute Gasteiger partial charge is 0.217 e. The Balaban J connectivity index is 1.41. The van der Waals surface area contributed by atoms with Crippen molar-refractivity contribution in [2.24, 2.45) is 17.8 Å². The highest BCUT2D eigenvalue weighted by Crippen LogP contribution is 2.49. The fourth-order valence-electron chi connectivity index (χ4n) is 4.99. The van der Waals surface area contributed by atoms with E-state index in [1.807, 2.05) is 12.2 Å². The molecule has 2 aliphatic carbocycles. The zero-order valence-electron chi connectivity index (χ0n) is 15.8. The van der Waals surface area contributed by atoms with Gasteiger partial charge in [0.15, 0.2) is 5.78 Å². The summed E-state index contributed by atoms with van der Waals surface area (Å²) in [6.07, 6.45) is 13.0. The Morgan fingerprint density at radius 2 is 2.23 bits per heavy atom. The second kappa shape index (κ2) is 7.38. The Bertz CT molecular complexity index is 749. The molecule has 3 heteroatoms. The standard InChI is InChI=1S/C23H29NO2/c1-15(22(25)14-20-13-17-7-8-18(20)12-17)6-9-21-16(2)11-19-5-3-4-10-26-23(19)24-21/h6,9,11,17-18,20H,1,3-5,7-8,10,12-14H2,2H3/b9-6-. The van der Waals surface area contributed by atoms with Crippen LogP contribution in [-0.4, -0.2) is 17.4 Å². The number of hydrogen-bond acceptors (Lipinski definition) is 3. The second-order valence-corrected chi connectivity index (χ2v) is 8.38. The predicted molar refractivity (Wildman–Crippen MR) is 104 cm³/mol. The zero-order chi connectivity index (χ0) is 18.1. The van der Waals surface area contributed by atoms with Crippen LogP contribution in [0.2, 0.25) is 0 Å². The molecule has 0 spiro atoms. The molecule has 2 fully saturated rings. The molecular formula is C23H29NO2. The van der Waals surface area contributed by atoms with Gasteiger partial charge in [0.2, 0.25) is 5.88 Å². The van der Waals surface area contributed by atoms with E-state index in [0.29, 0.717) is 17.9 Å². The van der Waals surface area contributed by atoms with Crippen molar-refractivity contribution in [1.29, 1.82) is 0 Å². The molecule has 138 valence electrons. The van der Waals surface area contributed by atoms with E-state index in [-0.39, 0.29) is 5.78 Å². The maximum absolute atomic E-state index is 12.6. The van der Waals surface area contributed by atoms with Gasteiger partial charge in [-0.2, -0.15) is 0 Å². The molecule has 1 aromatic heterocycles. The summed E-state index contributed by atoms with van der Waals surface area (Å²) in [7, 11) is 0. The van der Waals surface area contributed by atoms with Gasteiger partial charge in [0.05, 0.1) is 12.3 Å². The first-order valence-corrected chi connectivity index (χ1v) is 10.1. The van der Waals surface area contributed by atoms with E-state index >= 15 is 0 Å². The van der Waals surface area contributed by atoms with Gasteiger partial charge >= 0.3 is 0 Å². The fourth-order valence-corrected chi connectivity index (χ4v) is 4.99. The molecule has 1 aliphatic heterocycles. The number of nitrogens with zero attached hydrogens (tertiary/aromatic N) is 1. The minimum Gasteiger partial charge on any atom is -0.477 e. The average molecular weight is 351 g/mol. The molecule has 3 unspecified atom stereocenters. The largest absolute Gasteiger partial charge is 0.477 e. The fraction of sp³-hybridized carbons (Fsp3) is 0.565. The van der Waals surface area contributed by atoms with Crippen molar-refractivity contribution in [2.75, 3.05) is 6.61 Å². The Morgan fingerprint density at radius 3 is 3.00 bits per heavy atom. The quantitative estimate of drug-likeness (QED) is 0.549. The molecule has 2 saturated carbocycles. The molecule has 0 amide bonds. The van der Waals surface area contributed by atoms with Crippen molar-refractivity contribution in [2.45, 2.75) is 58.3 Å². The number of ether oxygens (including phenoxy) is 1. The van der Waals surface area contributed by atoms with Gasteiger partial charge in [0, 0.05) is 17.6 Å². The summed E-state index contributed by atoms with van der Waals surface area (Å²) >= 11 is 0. The van der Waals surface area contributed by atoms with Crippen LogP contribution in [0, 0.1) is 24.7 Å². The molecule has 0 N–H and O–H groups in total. The van der Waals surface area contributed by atoms with E-state index in [9.17, 15) is 4.79 Å². The van der Waals surface area contributed by atoms with E-state index in [2.05, 4.69) is 24.6 Å². The second-order valence-electron chi connectivity index (χ2n) is 8.38. The van der Waals surface area contributed by atoms with Gasteiger partial charge < -0.3 is 4.74 Å². The number of pyridine rings is 1. The molecule has 26 heavy (non-hydrogen) atoms. The number of Topliss-reactive ketones (excluding diaryl/α,β-unsaturated/α-hetero) is 1. The molecule has 0 radical (unpaired) electrons. The summed E-state index contributed by atoms with van der Waals surface area (Å²) < 4.78 is 5.78. The van der Waals surface area contributed by atoms with Gasteiger partial charge in [0.25, 0.3) is 0 Å². The highest BCUT2D eigenvalue weighted by Gasteiger charge is 2.40. The monoisotopic (exact) mass is 351 g/mol. The molecule has 0 saturated heterocycles. The molecule has 3 atom stereocenters. The number of aromatic nitrogens is 1. The zero-order valence-corrected chi connectivity index (χ0v) is 15.8. The lowest BCUT2D eigenvalue weighted by atomic mass is 9.84. The summed E-state index contributed by atoms with van der Waals surface area (Å²) in [5.74, 6) is 3.21. The number of allylic oxidation sites excluding steroid dienone is 2. The molecule has 2 bridgehead atoms. The van der Waals surface area contributed by atoms with Crippen molar-refractivity contribution < 1.29 is 9.53 Å². The summed E-state index contributed by atoms with van der Waals surface area (Å²) in [4.78, 5) is 17.2. The van der Waals surface area contributed by atoms with Crippen molar-refractivity contribution in [3.05, 3.63) is 41.1 Å². The first kappa shape index (κ1) is 17.5. The van der Waals surface area contributed by atoms with Gasteiger partial charge in [0.1, 0.15) is 0 Å². The number of rotatable bonds is 5. The third kappa shape index (κ3) is 3.62. The number of aryl methyl sites for hydroxylation is 2. The van der Waals surface area contributed by atoms with Crippen molar-refractivity contribution >= 4 is 11.9 Å². The van der Waals surface area contributed by atoms with E-state index in [1.54, 1.807) is 0 Å². The first-order chi connectivity index (χ1) is 12.6. The average Bonchev–Trinajstić information content (AvgIpc) is 3.17. The molecule has 2 heterocycles. The highest BCUT2D eigenvalue weighted by molar-refractivity contribution is 5.98. The van der Waals surface area contributed by atoms with E-state index in [4.69, 9.17) is 4.74 Å². The molecule has 4 rings (SSSR count). The SMILES string of the molecule is C=C(/C=C\c1nc2c(cc1C)CCCCO2)C(=O)CC1CC2CCC1C2. The minimum atomic E-state index is 0.197. The summed E-state index contributed by atoms with van der Waals surface area (Å²) in [6.45, 7) is 6.81. The third-order valence-electron chi connectivity index (χ3n) is 6.50. The van der Waals surface area contributed by atoms with Crippen LogP contribution in [0.25, 0.3) is 6.08 Å². The molecule has 3 aliphatic rings. The van der Waals surface area contributed by atoms with E-state index in [0.717, 1.165) is 54.8 Å². The normalized spacial score (nSPS) is 27.2. The Labute approximate surface area is 156 Å². The summed E-state index contributed by atoms with van der Waals surface area (Å²) in [5.41, 5.74) is 3.80. The van der Waals surface area contributed by atoms with E-state index in [1.165, 1.54) is 31.2 Å². The Morgan fingerprint density at radius 1 is 1.35 bits per heavy atom. The van der Waals surface area contributed by atoms with Gasteiger partial charge in [-0.15, -0.1) is 0 Å². The maximum Gasteiger partial charge on any atom is 0.217 e. The Hall–Kier alpha value is -1.90. The third-order valence-corrected chi connectivity index (χ3v) is 6.50. The first-order valence-electron chi connectivity index (χ1n) is 10.1. The van der Waals surface area contributed by atoms with Crippen molar-refractivity contribution in [3.8, 4) is 5.88 Å². The van der Waals surface area contributed by atoms with Crippen molar-refractivity contribution in [1.82, 2.24) is 4.98 Å². The van der Waals surface area contributed by atoms with Gasteiger partial charge in [-0.1, -0.05) is 13.0 Å². The number of fused-ring (bicyclic) bond motifs is 3. The Kier molecular flexibility index (Phi) is 4.97. The number of carbonyl (C=O) groups is 1. The number of hydrogen-bond donors (Lipinski definition) is 0. The van der Waals surface area contributed by atoms with Crippen LogP contribution in [0.5, 0.6) is 5.88 Å². The highest BCUT2D eigenvalue weighted by atomic mass is 16.5. The van der Waals surface area contributed by atoms with Crippen LogP contribution in [-0.2, 0) is 11.2 Å². The predicted octanol–water partition coefficient (Wildman–Crippen LogP) is 5.07. The minimum absolute atomic E-state index is 0.197. The van der Waals surface area contributed by atoms with Crippen LogP contribution >= 0.6 is 0 Å². The van der Waals surface area contributed by atoms with E-state index < -0.39 is 0 Å². The van der Waals surface area contributed by atoms with Crippen LogP contribution < -0.4 is 4.74 Å². The van der Waals surface area contributed by atoms with Gasteiger partial charge in [-0.25, -0.2) is 4.98 Å².